The van der Waals surface area contributed by atoms with Crippen molar-refractivity contribution >= 4 is 28.9 Å². The highest BCUT2D eigenvalue weighted by molar-refractivity contribution is 6.06. The number of nitrogens with one attached hydrogen (secondary N) is 2. The number of carbonyl (C=O) groups is 2. The first-order valence-corrected chi connectivity index (χ1v) is 8.60. The normalized spacial score (nSPS) is 10.1. The molecule has 0 saturated heterocycles. The highest BCUT2D eigenvalue weighted by Crippen LogP contribution is 2.22. The fraction of sp³-hybridized carbons (Fsp3) is 0.0909. The Balaban J connectivity index is 1.68. The molecular formula is C22H20N2O4. The van der Waals surface area contributed by atoms with E-state index < -0.39 is 5.97 Å². The number of benzene rings is 3. The third kappa shape index (κ3) is 4.48. The number of hydrogen-bond acceptors (Lipinski definition) is 5. The second kappa shape index (κ2) is 8.73. The Morgan fingerprint density at radius 1 is 0.786 bits per heavy atom. The van der Waals surface area contributed by atoms with Crippen LogP contribution in [0.5, 0.6) is 5.75 Å². The van der Waals surface area contributed by atoms with Gasteiger partial charge in [-0.2, -0.15) is 0 Å². The van der Waals surface area contributed by atoms with Crippen molar-refractivity contribution in [3.05, 3.63) is 83.9 Å². The van der Waals surface area contributed by atoms with Gasteiger partial charge >= 0.3 is 5.97 Å². The van der Waals surface area contributed by atoms with Crippen molar-refractivity contribution in [2.75, 3.05) is 24.9 Å². The summed E-state index contributed by atoms with van der Waals surface area (Å²) in [5.74, 6) is -0.120. The summed E-state index contributed by atoms with van der Waals surface area (Å²) in [5, 5.41) is 6.06. The molecule has 0 aliphatic carbocycles. The van der Waals surface area contributed by atoms with Crippen LogP contribution in [0.3, 0.4) is 0 Å². The molecule has 0 fully saturated rings. The molecule has 6 nitrogen and oxygen atoms in total. The van der Waals surface area contributed by atoms with E-state index in [1.807, 2.05) is 24.3 Å². The molecular weight excluding hydrogens is 356 g/mol. The number of amides is 1. The summed E-state index contributed by atoms with van der Waals surface area (Å²) in [4.78, 5) is 24.1. The standard InChI is InChI=1S/C22H20N2O4/c1-27-20-9-4-3-8-19(20)21(25)24-17-12-10-16(11-13-17)23-18-7-5-6-15(14-18)22(26)28-2/h3-14,23H,1-2H3,(H,24,25). The third-order valence-electron chi connectivity index (χ3n) is 4.07. The number of anilines is 3. The first-order valence-electron chi connectivity index (χ1n) is 8.60. The average Bonchev–Trinajstić information content (AvgIpc) is 2.74. The summed E-state index contributed by atoms with van der Waals surface area (Å²) in [7, 11) is 2.88. The number of hydrogen-bond donors (Lipinski definition) is 2. The first kappa shape index (κ1) is 19.0. The third-order valence-corrected chi connectivity index (χ3v) is 4.07. The van der Waals surface area contributed by atoms with Gasteiger partial charge in [-0.1, -0.05) is 18.2 Å². The lowest BCUT2D eigenvalue weighted by atomic mass is 10.1. The van der Waals surface area contributed by atoms with Gasteiger partial charge in [-0.25, -0.2) is 4.79 Å². The predicted molar refractivity (Wildman–Crippen MR) is 108 cm³/mol. The van der Waals surface area contributed by atoms with E-state index in [0.717, 1.165) is 11.4 Å². The fourth-order valence-electron chi connectivity index (χ4n) is 2.68. The molecule has 0 radical (unpaired) electrons. The van der Waals surface area contributed by atoms with Crippen LogP contribution >= 0.6 is 0 Å². The van der Waals surface area contributed by atoms with Crippen molar-refractivity contribution in [3.63, 3.8) is 0 Å². The quantitative estimate of drug-likeness (QED) is 0.621. The minimum atomic E-state index is -0.391. The second-order valence-corrected chi connectivity index (χ2v) is 5.93. The van der Waals surface area contributed by atoms with Gasteiger partial charge in [0.1, 0.15) is 5.75 Å². The monoisotopic (exact) mass is 376 g/mol. The number of ether oxygens (including phenoxy) is 2. The summed E-state index contributed by atoms with van der Waals surface area (Å²) in [6.07, 6.45) is 0. The Morgan fingerprint density at radius 2 is 1.50 bits per heavy atom. The summed E-state index contributed by atoms with van der Waals surface area (Å²) in [6, 6.07) is 21.3. The van der Waals surface area contributed by atoms with Crippen LogP contribution in [-0.4, -0.2) is 26.1 Å². The zero-order chi connectivity index (χ0) is 19.9. The van der Waals surface area contributed by atoms with Crippen molar-refractivity contribution in [3.8, 4) is 5.75 Å². The summed E-state index contributed by atoms with van der Waals surface area (Å²) >= 11 is 0. The molecule has 3 aromatic carbocycles. The van der Waals surface area contributed by atoms with Crippen molar-refractivity contribution in [1.82, 2.24) is 0 Å². The van der Waals surface area contributed by atoms with Gasteiger partial charge in [0.05, 0.1) is 25.3 Å². The molecule has 0 saturated carbocycles. The Bertz CT molecular complexity index is 984. The number of carbonyl (C=O) groups excluding carboxylic acids is 2. The molecule has 0 bridgehead atoms. The SMILES string of the molecule is COC(=O)c1cccc(Nc2ccc(NC(=O)c3ccccc3OC)cc2)c1. The maximum absolute atomic E-state index is 12.4. The Hall–Kier alpha value is -3.80. The molecule has 0 aliphatic rings. The lowest BCUT2D eigenvalue weighted by Gasteiger charge is -2.11. The molecule has 1 amide bonds. The molecule has 2 N–H and O–H groups in total. The smallest absolute Gasteiger partial charge is 0.337 e. The Morgan fingerprint density at radius 3 is 2.21 bits per heavy atom. The van der Waals surface area contributed by atoms with Crippen LogP contribution in [0.2, 0.25) is 0 Å². The lowest BCUT2D eigenvalue weighted by Crippen LogP contribution is -2.13. The molecule has 6 heteroatoms. The van der Waals surface area contributed by atoms with Gasteiger partial charge in [0, 0.05) is 17.1 Å². The molecule has 0 aromatic heterocycles. The summed E-state index contributed by atoms with van der Waals surface area (Å²) < 4.78 is 9.95. The molecule has 0 heterocycles. The minimum absolute atomic E-state index is 0.246. The van der Waals surface area contributed by atoms with E-state index in [1.54, 1.807) is 48.5 Å². The molecule has 0 atom stereocenters. The maximum Gasteiger partial charge on any atom is 0.337 e. The molecule has 142 valence electrons. The van der Waals surface area contributed by atoms with Crippen molar-refractivity contribution in [2.45, 2.75) is 0 Å². The van der Waals surface area contributed by atoms with E-state index >= 15 is 0 Å². The molecule has 28 heavy (non-hydrogen) atoms. The topological polar surface area (TPSA) is 76.7 Å². The zero-order valence-corrected chi connectivity index (χ0v) is 15.6. The van der Waals surface area contributed by atoms with Crippen LogP contribution in [0.4, 0.5) is 17.1 Å². The van der Waals surface area contributed by atoms with Crippen molar-refractivity contribution in [1.29, 1.82) is 0 Å². The first-order chi connectivity index (χ1) is 13.6. The van der Waals surface area contributed by atoms with Gasteiger partial charge in [0.15, 0.2) is 0 Å². The van der Waals surface area contributed by atoms with E-state index in [4.69, 9.17) is 9.47 Å². The molecule has 0 spiro atoms. The molecule has 0 unspecified atom stereocenters. The highest BCUT2D eigenvalue weighted by Gasteiger charge is 2.11. The highest BCUT2D eigenvalue weighted by atomic mass is 16.5. The Kier molecular flexibility index (Phi) is 5.91. The number of methoxy groups -OCH3 is 2. The van der Waals surface area contributed by atoms with Crippen LogP contribution in [-0.2, 0) is 4.74 Å². The Labute approximate surface area is 163 Å². The van der Waals surface area contributed by atoms with Crippen molar-refractivity contribution in [2.24, 2.45) is 0 Å². The summed E-state index contributed by atoms with van der Waals surface area (Å²) in [5.41, 5.74) is 3.16. The van der Waals surface area contributed by atoms with Crippen LogP contribution < -0.4 is 15.4 Å². The van der Waals surface area contributed by atoms with Gasteiger partial charge in [0.25, 0.3) is 5.91 Å². The number of esters is 1. The van der Waals surface area contributed by atoms with Gasteiger partial charge in [-0.3, -0.25) is 4.79 Å². The van der Waals surface area contributed by atoms with Gasteiger partial charge in [-0.05, 0) is 54.6 Å². The van der Waals surface area contributed by atoms with Crippen LogP contribution in [0, 0.1) is 0 Å². The maximum atomic E-state index is 12.4. The molecule has 0 aliphatic heterocycles. The summed E-state index contributed by atoms with van der Waals surface area (Å²) in [6.45, 7) is 0. The predicted octanol–water partition coefficient (Wildman–Crippen LogP) is 4.48. The van der Waals surface area contributed by atoms with Gasteiger partial charge < -0.3 is 20.1 Å². The van der Waals surface area contributed by atoms with Gasteiger partial charge in [-0.15, -0.1) is 0 Å². The fourth-order valence-corrected chi connectivity index (χ4v) is 2.68. The van der Waals surface area contributed by atoms with E-state index in [-0.39, 0.29) is 5.91 Å². The zero-order valence-electron chi connectivity index (χ0n) is 15.6. The van der Waals surface area contributed by atoms with E-state index in [2.05, 4.69) is 10.6 Å². The van der Waals surface area contributed by atoms with E-state index in [1.165, 1.54) is 14.2 Å². The minimum Gasteiger partial charge on any atom is -0.496 e. The lowest BCUT2D eigenvalue weighted by molar-refractivity contribution is 0.0600. The van der Waals surface area contributed by atoms with Gasteiger partial charge in [0.2, 0.25) is 0 Å². The second-order valence-electron chi connectivity index (χ2n) is 5.93. The van der Waals surface area contributed by atoms with Crippen LogP contribution in [0.15, 0.2) is 72.8 Å². The van der Waals surface area contributed by atoms with Crippen molar-refractivity contribution < 1.29 is 19.1 Å². The molecule has 3 rings (SSSR count). The van der Waals surface area contributed by atoms with Crippen LogP contribution in [0.1, 0.15) is 20.7 Å². The molecule has 3 aromatic rings. The van der Waals surface area contributed by atoms with Crippen LogP contribution in [0.25, 0.3) is 0 Å². The number of para-hydroxylation sites is 1. The average molecular weight is 376 g/mol. The number of rotatable bonds is 6. The largest absolute Gasteiger partial charge is 0.496 e. The van der Waals surface area contributed by atoms with E-state index in [0.29, 0.717) is 22.6 Å². The van der Waals surface area contributed by atoms with E-state index in [9.17, 15) is 9.59 Å².